The Morgan fingerprint density at radius 3 is 2.50 bits per heavy atom. The fourth-order valence-electron chi connectivity index (χ4n) is 2.50. The minimum atomic E-state index is -0.192. The SMILES string of the molecule is NCc1ccc(C(N)c2ccc3c(c2)CC(=O)N3)cc1. The zero-order chi connectivity index (χ0) is 14.1. The zero-order valence-electron chi connectivity index (χ0n) is 11.1. The van der Waals surface area contributed by atoms with Crippen LogP contribution in [0.2, 0.25) is 0 Å². The Balaban J connectivity index is 1.88. The van der Waals surface area contributed by atoms with Crippen LogP contribution >= 0.6 is 0 Å². The minimum absolute atomic E-state index is 0.0398. The summed E-state index contributed by atoms with van der Waals surface area (Å²) in [5, 5.41) is 2.82. The van der Waals surface area contributed by atoms with Crippen molar-refractivity contribution >= 4 is 11.6 Å². The molecule has 1 amide bonds. The zero-order valence-corrected chi connectivity index (χ0v) is 11.1. The number of hydrogen-bond donors (Lipinski definition) is 3. The molecule has 2 aromatic rings. The van der Waals surface area contributed by atoms with Crippen LogP contribution in [-0.2, 0) is 17.8 Å². The molecule has 0 bridgehead atoms. The highest BCUT2D eigenvalue weighted by molar-refractivity contribution is 5.99. The maximum Gasteiger partial charge on any atom is 0.228 e. The first-order valence-corrected chi connectivity index (χ1v) is 6.64. The van der Waals surface area contributed by atoms with E-state index in [0.29, 0.717) is 13.0 Å². The average molecular weight is 267 g/mol. The lowest BCUT2D eigenvalue weighted by molar-refractivity contribution is -0.115. The van der Waals surface area contributed by atoms with Crippen LogP contribution in [0.4, 0.5) is 5.69 Å². The number of benzene rings is 2. The third kappa shape index (κ3) is 2.31. The van der Waals surface area contributed by atoms with E-state index in [9.17, 15) is 4.79 Å². The van der Waals surface area contributed by atoms with Crippen LogP contribution in [0, 0.1) is 0 Å². The quantitative estimate of drug-likeness (QED) is 0.791. The lowest BCUT2D eigenvalue weighted by Gasteiger charge is -2.14. The second-order valence-corrected chi connectivity index (χ2v) is 5.06. The van der Waals surface area contributed by atoms with Crippen molar-refractivity contribution in [3.63, 3.8) is 0 Å². The van der Waals surface area contributed by atoms with Crippen LogP contribution in [0.1, 0.15) is 28.3 Å². The predicted molar refractivity (Wildman–Crippen MR) is 79.1 cm³/mol. The van der Waals surface area contributed by atoms with Gasteiger partial charge >= 0.3 is 0 Å². The number of nitrogens with two attached hydrogens (primary N) is 2. The van der Waals surface area contributed by atoms with Crippen LogP contribution in [0.3, 0.4) is 0 Å². The van der Waals surface area contributed by atoms with E-state index >= 15 is 0 Å². The summed E-state index contributed by atoms with van der Waals surface area (Å²) in [6.07, 6.45) is 0.433. The summed E-state index contributed by atoms with van der Waals surface area (Å²) in [5.41, 5.74) is 16.9. The molecule has 0 spiro atoms. The van der Waals surface area contributed by atoms with E-state index in [2.05, 4.69) is 5.32 Å². The standard InChI is InChI=1S/C16H17N3O/c17-9-10-1-3-11(4-2-10)16(18)12-5-6-14-13(7-12)8-15(20)19-14/h1-7,16H,8-9,17-18H2,(H,19,20). The molecule has 0 fully saturated rings. The van der Waals surface area contributed by atoms with Gasteiger partial charge in [0, 0.05) is 12.2 Å². The summed E-state index contributed by atoms with van der Waals surface area (Å²) >= 11 is 0. The summed E-state index contributed by atoms with van der Waals surface area (Å²) in [6, 6.07) is 13.7. The smallest absolute Gasteiger partial charge is 0.228 e. The Kier molecular flexibility index (Phi) is 3.26. The molecule has 4 nitrogen and oxygen atoms in total. The number of fused-ring (bicyclic) bond motifs is 1. The summed E-state index contributed by atoms with van der Waals surface area (Å²) in [6.45, 7) is 0.530. The van der Waals surface area contributed by atoms with Crippen LogP contribution in [-0.4, -0.2) is 5.91 Å². The molecule has 5 N–H and O–H groups in total. The van der Waals surface area contributed by atoms with Gasteiger partial charge in [-0.2, -0.15) is 0 Å². The Labute approximate surface area is 117 Å². The van der Waals surface area contributed by atoms with Crippen molar-refractivity contribution in [2.45, 2.75) is 19.0 Å². The lowest BCUT2D eigenvalue weighted by Crippen LogP contribution is -2.12. The maximum absolute atomic E-state index is 11.4. The van der Waals surface area contributed by atoms with Gasteiger partial charge in [0.2, 0.25) is 5.91 Å². The van der Waals surface area contributed by atoms with Crippen molar-refractivity contribution in [1.82, 2.24) is 0 Å². The first-order chi connectivity index (χ1) is 9.67. The first kappa shape index (κ1) is 12.8. The molecule has 1 aliphatic heterocycles. The van der Waals surface area contributed by atoms with Crippen molar-refractivity contribution in [3.8, 4) is 0 Å². The van der Waals surface area contributed by atoms with Gasteiger partial charge in [-0.05, 0) is 28.3 Å². The van der Waals surface area contributed by atoms with Gasteiger partial charge in [-0.15, -0.1) is 0 Å². The molecule has 1 atom stereocenters. The topological polar surface area (TPSA) is 81.1 Å². The van der Waals surface area contributed by atoms with Gasteiger partial charge in [0.05, 0.1) is 12.5 Å². The van der Waals surface area contributed by atoms with Crippen LogP contribution in [0.15, 0.2) is 42.5 Å². The number of carbonyl (C=O) groups is 1. The monoisotopic (exact) mass is 267 g/mol. The lowest BCUT2D eigenvalue weighted by atomic mass is 9.96. The molecule has 0 saturated carbocycles. The molecule has 20 heavy (non-hydrogen) atoms. The fourth-order valence-corrected chi connectivity index (χ4v) is 2.50. The van der Waals surface area contributed by atoms with E-state index in [1.54, 1.807) is 0 Å². The van der Waals surface area contributed by atoms with Crippen molar-refractivity contribution in [1.29, 1.82) is 0 Å². The Morgan fingerprint density at radius 1 is 1.10 bits per heavy atom. The number of rotatable bonds is 3. The van der Waals surface area contributed by atoms with E-state index in [1.807, 2.05) is 42.5 Å². The van der Waals surface area contributed by atoms with Crippen molar-refractivity contribution in [2.24, 2.45) is 11.5 Å². The largest absolute Gasteiger partial charge is 0.326 e. The molecule has 0 saturated heterocycles. The highest BCUT2D eigenvalue weighted by Gasteiger charge is 2.19. The Bertz CT molecular complexity index is 649. The van der Waals surface area contributed by atoms with Gasteiger partial charge < -0.3 is 16.8 Å². The third-order valence-corrected chi connectivity index (χ3v) is 3.69. The van der Waals surface area contributed by atoms with Gasteiger partial charge in [-0.25, -0.2) is 0 Å². The first-order valence-electron chi connectivity index (χ1n) is 6.64. The second kappa shape index (κ2) is 5.07. The van der Waals surface area contributed by atoms with Gasteiger partial charge in [-0.1, -0.05) is 36.4 Å². The van der Waals surface area contributed by atoms with Crippen LogP contribution in [0.25, 0.3) is 0 Å². The Hall–Kier alpha value is -2.17. The van der Waals surface area contributed by atoms with Gasteiger partial charge in [0.25, 0.3) is 0 Å². The molecule has 0 aliphatic carbocycles. The second-order valence-electron chi connectivity index (χ2n) is 5.06. The van der Waals surface area contributed by atoms with E-state index in [1.165, 1.54) is 0 Å². The number of anilines is 1. The van der Waals surface area contributed by atoms with Crippen LogP contribution < -0.4 is 16.8 Å². The molecule has 1 aliphatic rings. The van der Waals surface area contributed by atoms with Crippen LogP contribution in [0.5, 0.6) is 0 Å². The normalized spacial score (nSPS) is 14.8. The summed E-state index contributed by atoms with van der Waals surface area (Å²) in [7, 11) is 0. The van der Waals surface area contributed by atoms with Gasteiger partial charge in [-0.3, -0.25) is 4.79 Å². The van der Waals surface area contributed by atoms with Gasteiger partial charge in [0.1, 0.15) is 0 Å². The van der Waals surface area contributed by atoms with Crippen molar-refractivity contribution in [2.75, 3.05) is 5.32 Å². The van der Waals surface area contributed by atoms with Crippen molar-refractivity contribution in [3.05, 3.63) is 64.7 Å². The van der Waals surface area contributed by atoms with E-state index in [-0.39, 0.29) is 11.9 Å². The molecular weight excluding hydrogens is 250 g/mol. The summed E-state index contributed by atoms with van der Waals surface area (Å²) < 4.78 is 0. The molecule has 4 heteroatoms. The molecule has 2 aromatic carbocycles. The number of amides is 1. The highest BCUT2D eigenvalue weighted by atomic mass is 16.1. The number of hydrogen-bond acceptors (Lipinski definition) is 3. The maximum atomic E-state index is 11.4. The third-order valence-electron chi connectivity index (χ3n) is 3.69. The molecular formula is C16H17N3O. The fraction of sp³-hybridized carbons (Fsp3) is 0.188. The number of carbonyl (C=O) groups excluding carboxylic acids is 1. The predicted octanol–water partition coefficient (Wildman–Crippen LogP) is 1.69. The molecule has 102 valence electrons. The molecule has 0 radical (unpaired) electrons. The minimum Gasteiger partial charge on any atom is -0.326 e. The molecule has 1 unspecified atom stereocenters. The highest BCUT2D eigenvalue weighted by Crippen LogP contribution is 2.28. The summed E-state index contributed by atoms with van der Waals surface area (Å²) in [4.78, 5) is 11.4. The molecule has 1 heterocycles. The van der Waals surface area contributed by atoms with Crippen molar-refractivity contribution < 1.29 is 4.79 Å². The summed E-state index contributed by atoms with van der Waals surface area (Å²) in [5.74, 6) is 0.0398. The number of nitrogens with one attached hydrogen (secondary N) is 1. The Morgan fingerprint density at radius 2 is 1.80 bits per heavy atom. The van der Waals surface area contributed by atoms with E-state index < -0.39 is 0 Å². The average Bonchev–Trinajstić information content (AvgIpc) is 2.85. The molecule has 3 rings (SSSR count). The van der Waals surface area contributed by atoms with E-state index in [0.717, 1.165) is 27.9 Å². The van der Waals surface area contributed by atoms with Gasteiger partial charge in [0.15, 0.2) is 0 Å². The molecule has 0 aromatic heterocycles. The van der Waals surface area contributed by atoms with E-state index in [4.69, 9.17) is 11.5 Å².